The summed E-state index contributed by atoms with van der Waals surface area (Å²) in [4.78, 5) is 14.0. The van der Waals surface area contributed by atoms with Crippen molar-refractivity contribution in [1.29, 1.82) is 5.26 Å². The van der Waals surface area contributed by atoms with Gasteiger partial charge >= 0.3 is 6.61 Å². The van der Waals surface area contributed by atoms with E-state index in [4.69, 9.17) is 5.26 Å². The molecule has 0 fully saturated rings. The summed E-state index contributed by atoms with van der Waals surface area (Å²) >= 11 is 0. The van der Waals surface area contributed by atoms with Crippen LogP contribution in [-0.2, 0) is 0 Å². The van der Waals surface area contributed by atoms with Crippen LogP contribution in [0.15, 0.2) is 24.3 Å². The second-order valence-electron chi connectivity index (χ2n) is 4.93. The lowest BCUT2D eigenvalue weighted by atomic mass is 10.1. The summed E-state index contributed by atoms with van der Waals surface area (Å²) in [6.07, 6.45) is 0.191. The minimum atomic E-state index is -2.99. The third kappa shape index (κ3) is 5.38. The van der Waals surface area contributed by atoms with E-state index in [1.807, 2.05) is 19.9 Å². The Bertz CT molecular complexity index is 513. The van der Waals surface area contributed by atoms with Gasteiger partial charge in [-0.15, -0.1) is 0 Å². The maximum absolute atomic E-state index is 12.5. The van der Waals surface area contributed by atoms with Crippen LogP contribution >= 0.6 is 0 Å². The number of hydrogen-bond acceptors (Lipinski definition) is 3. The van der Waals surface area contributed by atoms with Crippen LogP contribution in [-0.4, -0.2) is 30.5 Å². The number of rotatable bonds is 7. The van der Waals surface area contributed by atoms with Crippen LogP contribution in [0.3, 0.4) is 0 Å². The number of nitriles is 1. The van der Waals surface area contributed by atoms with E-state index >= 15 is 0 Å². The number of halogens is 2. The maximum Gasteiger partial charge on any atom is 0.387 e. The molecule has 0 spiro atoms. The largest absolute Gasteiger partial charge is 0.434 e. The highest BCUT2D eigenvalue weighted by Crippen LogP contribution is 2.22. The van der Waals surface area contributed by atoms with Crippen molar-refractivity contribution in [2.24, 2.45) is 5.92 Å². The molecular weight excluding hydrogens is 278 g/mol. The Labute approximate surface area is 122 Å². The zero-order valence-corrected chi connectivity index (χ0v) is 12.1. The molecule has 1 rings (SSSR count). The van der Waals surface area contributed by atoms with Crippen LogP contribution < -0.4 is 4.74 Å². The van der Waals surface area contributed by atoms with Gasteiger partial charge in [-0.05, 0) is 18.1 Å². The van der Waals surface area contributed by atoms with E-state index in [-0.39, 0.29) is 30.2 Å². The molecule has 0 unspecified atom stereocenters. The summed E-state index contributed by atoms with van der Waals surface area (Å²) in [5, 5.41) is 8.66. The van der Waals surface area contributed by atoms with Crippen LogP contribution in [0.2, 0.25) is 0 Å². The Morgan fingerprint density at radius 1 is 1.38 bits per heavy atom. The zero-order chi connectivity index (χ0) is 15.8. The molecular formula is C15H18F2N2O2. The molecule has 114 valence electrons. The first kappa shape index (κ1) is 16.9. The molecule has 0 heterocycles. The van der Waals surface area contributed by atoms with Crippen molar-refractivity contribution in [2.75, 3.05) is 13.1 Å². The second-order valence-corrected chi connectivity index (χ2v) is 4.93. The molecule has 0 atom stereocenters. The Hall–Kier alpha value is -2.16. The quantitative estimate of drug-likeness (QED) is 0.775. The SMILES string of the molecule is CC(C)CN(CCC#N)C(=O)c1ccccc1OC(F)F. The Morgan fingerprint density at radius 3 is 2.62 bits per heavy atom. The Kier molecular flexibility index (Phi) is 6.60. The number of benzene rings is 1. The van der Waals surface area contributed by atoms with Gasteiger partial charge in [0.2, 0.25) is 0 Å². The third-order valence-electron chi connectivity index (χ3n) is 2.70. The molecule has 1 aromatic carbocycles. The van der Waals surface area contributed by atoms with Crippen molar-refractivity contribution < 1.29 is 18.3 Å². The number of para-hydroxylation sites is 1. The third-order valence-corrected chi connectivity index (χ3v) is 2.70. The zero-order valence-electron chi connectivity index (χ0n) is 12.1. The average Bonchev–Trinajstić information content (AvgIpc) is 2.42. The van der Waals surface area contributed by atoms with Crippen molar-refractivity contribution in [2.45, 2.75) is 26.9 Å². The Balaban J connectivity index is 2.99. The predicted octanol–water partition coefficient (Wildman–Crippen LogP) is 3.30. The molecule has 0 radical (unpaired) electrons. The van der Waals surface area contributed by atoms with Gasteiger partial charge in [-0.25, -0.2) is 0 Å². The molecule has 6 heteroatoms. The number of carbonyl (C=O) groups is 1. The number of carbonyl (C=O) groups excluding carboxylic acids is 1. The number of alkyl halides is 2. The molecule has 1 amide bonds. The molecule has 21 heavy (non-hydrogen) atoms. The molecule has 0 saturated heterocycles. The lowest BCUT2D eigenvalue weighted by Gasteiger charge is -2.24. The molecule has 0 N–H and O–H groups in total. The Morgan fingerprint density at radius 2 is 2.05 bits per heavy atom. The molecule has 0 aliphatic rings. The van der Waals surface area contributed by atoms with Gasteiger partial charge in [0.05, 0.1) is 18.1 Å². The van der Waals surface area contributed by atoms with Crippen LogP contribution in [0.25, 0.3) is 0 Å². The van der Waals surface area contributed by atoms with Crippen molar-refractivity contribution in [1.82, 2.24) is 4.90 Å². The number of amides is 1. The molecule has 4 nitrogen and oxygen atoms in total. The maximum atomic E-state index is 12.5. The van der Waals surface area contributed by atoms with Gasteiger partial charge in [0.25, 0.3) is 5.91 Å². The smallest absolute Gasteiger partial charge is 0.387 e. The van der Waals surface area contributed by atoms with E-state index in [0.29, 0.717) is 6.54 Å². The van der Waals surface area contributed by atoms with Gasteiger partial charge in [-0.2, -0.15) is 14.0 Å². The van der Waals surface area contributed by atoms with Crippen molar-refractivity contribution >= 4 is 5.91 Å². The van der Waals surface area contributed by atoms with E-state index in [2.05, 4.69) is 4.74 Å². The first-order valence-corrected chi connectivity index (χ1v) is 6.65. The predicted molar refractivity (Wildman–Crippen MR) is 74.0 cm³/mol. The minimum absolute atomic E-state index is 0.0800. The van der Waals surface area contributed by atoms with Crippen LogP contribution in [0, 0.1) is 17.2 Å². The minimum Gasteiger partial charge on any atom is -0.434 e. The number of hydrogen-bond donors (Lipinski definition) is 0. The lowest BCUT2D eigenvalue weighted by molar-refractivity contribution is -0.0502. The lowest BCUT2D eigenvalue weighted by Crippen LogP contribution is -2.35. The number of ether oxygens (including phenoxy) is 1. The second kappa shape index (κ2) is 8.20. The highest BCUT2D eigenvalue weighted by atomic mass is 19.3. The van der Waals surface area contributed by atoms with Crippen LogP contribution in [0.4, 0.5) is 8.78 Å². The summed E-state index contributed by atoms with van der Waals surface area (Å²) in [5.74, 6) is -0.353. The van der Waals surface area contributed by atoms with E-state index in [1.54, 1.807) is 6.07 Å². The van der Waals surface area contributed by atoms with Crippen molar-refractivity contribution in [3.63, 3.8) is 0 Å². The fourth-order valence-corrected chi connectivity index (χ4v) is 1.91. The highest BCUT2D eigenvalue weighted by molar-refractivity contribution is 5.97. The van der Waals surface area contributed by atoms with Crippen LogP contribution in [0.5, 0.6) is 5.75 Å². The van der Waals surface area contributed by atoms with Crippen molar-refractivity contribution in [3.8, 4) is 11.8 Å². The summed E-state index contributed by atoms with van der Waals surface area (Å²) in [6.45, 7) is 1.60. The van der Waals surface area contributed by atoms with E-state index in [0.717, 1.165) is 0 Å². The first-order valence-electron chi connectivity index (χ1n) is 6.65. The summed E-state index contributed by atoms with van der Waals surface area (Å²) in [6, 6.07) is 7.87. The van der Waals surface area contributed by atoms with Gasteiger partial charge in [0.15, 0.2) is 0 Å². The fraction of sp³-hybridized carbons (Fsp3) is 0.467. The van der Waals surface area contributed by atoms with Gasteiger partial charge in [0.1, 0.15) is 5.75 Å². The molecule has 1 aromatic rings. The summed E-state index contributed by atoms with van der Waals surface area (Å²) in [5.41, 5.74) is 0.0800. The van der Waals surface area contributed by atoms with E-state index in [9.17, 15) is 13.6 Å². The summed E-state index contributed by atoms with van der Waals surface area (Å²) < 4.78 is 29.2. The van der Waals surface area contributed by atoms with Gasteiger partial charge in [0, 0.05) is 13.1 Å². The highest BCUT2D eigenvalue weighted by Gasteiger charge is 2.21. The van der Waals surface area contributed by atoms with Gasteiger partial charge < -0.3 is 9.64 Å². The van der Waals surface area contributed by atoms with Crippen molar-refractivity contribution in [3.05, 3.63) is 29.8 Å². The number of nitrogens with zero attached hydrogens (tertiary/aromatic N) is 2. The van der Waals surface area contributed by atoms with Crippen LogP contribution in [0.1, 0.15) is 30.6 Å². The molecule has 0 bridgehead atoms. The average molecular weight is 296 g/mol. The van der Waals surface area contributed by atoms with Gasteiger partial charge in [-0.3, -0.25) is 4.79 Å². The molecule has 0 aromatic heterocycles. The molecule has 0 aliphatic heterocycles. The monoisotopic (exact) mass is 296 g/mol. The first-order chi connectivity index (χ1) is 9.95. The molecule has 0 saturated carbocycles. The van der Waals surface area contributed by atoms with Gasteiger partial charge in [-0.1, -0.05) is 26.0 Å². The topological polar surface area (TPSA) is 53.3 Å². The fourth-order valence-electron chi connectivity index (χ4n) is 1.91. The molecule has 0 aliphatic carbocycles. The van der Waals surface area contributed by atoms with E-state index in [1.165, 1.54) is 23.1 Å². The normalized spacial score (nSPS) is 10.5. The van der Waals surface area contributed by atoms with E-state index < -0.39 is 12.5 Å². The standard InChI is InChI=1S/C15H18F2N2O2/c1-11(2)10-19(9-5-8-18)14(20)12-6-3-4-7-13(12)21-15(16)17/h3-4,6-7,11,15H,5,9-10H2,1-2H3. The summed E-state index contributed by atoms with van der Waals surface area (Å²) in [7, 11) is 0.